The van der Waals surface area contributed by atoms with Crippen LogP contribution in [-0.4, -0.2) is 59.8 Å². The van der Waals surface area contributed by atoms with Crippen LogP contribution in [0.2, 0.25) is 0 Å². The third-order valence-electron chi connectivity index (χ3n) is 4.94. The minimum atomic E-state index is -3.08. The predicted molar refractivity (Wildman–Crippen MR) is 86.9 cm³/mol. The summed E-state index contributed by atoms with van der Waals surface area (Å²) < 4.78 is 25.2. The standard InChI is InChI=1S/C15H24N4O3S/c1-23(21,22)12-7-10-18(11-12)15(20)17-13-5-2-3-6-14(13)19-9-4-8-16-19/h4,8-9,12-14H,2-3,5-7,10-11H2,1H3,(H,17,20)/t12-,13+,14+/m1/s1. The zero-order chi connectivity index (χ0) is 16.4. The summed E-state index contributed by atoms with van der Waals surface area (Å²) in [7, 11) is -3.08. The molecular formula is C15H24N4O3S. The molecule has 1 aromatic rings. The van der Waals surface area contributed by atoms with Crippen LogP contribution in [0.25, 0.3) is 0 Å². The molecule has 2 amide bonds. The summed E-state index contributed by atoms with van der Waals surface area (Å²) in [6.45, 7) is 0.798. The zero-order valence-corrected chi connectivity index (χ0v) is 14.2. The second-order valence-corrected chi connectivity index (χ2v) is 8.91. The lowest BCUT2D eigenvalue weighted by Crippen LogP contribution is -2.48. The second-order valence-electron chi connectivity index (χ2n) is 6.58. The van der Waals surface area contributed by atoms with Gasteiger partial charge in [0.05, 0.1) is 17.3 Å². The number of likely N-dealkylation sites (tertiary alicyclic amines) is 1. The Morgan fingerprint density at radius 1 is 1.26 bits per heavy atom. The highest BCUT2D eigenvalue weighted by Crippen LogP contribution is 2.28. The molecule has 1 saturated heterocycles. The Morgan fingerprint density at radius 2 is 2.04 bits per heavy atom. The smallest absolute Gasteiger partial charge is 0.317 e. The Hall–Kier alpha value is -1.57. The Balaban J connectivity index is 1.62. The van der Waals surface area contributed by atoms with Gasteiger partial charge >= 0.3 is 6.03 Å². The fourth-order valence-corrected chi connectivity index (χ4v) is 4.57. The number of amides is 2. The largest absolute Gasteiger partial charge is 0.333 e. The monoisotopic (exact) mass is 340 g/mol. The molecule has 0 bridgehead atoms. The van der Waals surface area contributed by atoms with Crippen molar-refractivity contribution in [2.75, 3.05) is 19.3 Å². The first kappa shape index (κ1) is 16.3. The third kappa shape index (κ3) is 3.68. The van der Waals surface area contributed by atoms with Gasteiger partial charge in [-0.3, -0.25) is 4.68 Å². The quantitative estimate of drug-likeness (QED) is 0.896. The summed E-state index contributed by atoms with van der Waals surface area (Å²) in [4.78, 5) is 14.1. The molecule has 1 saturated carbocycles. The van der Waals surface area contributed by atoms with Crippen molar-refractivity contribution in [3.63, 3.8) is 0 Å². The number of nitrogens with one attached hydrogen (secondary N) is 1. The zero-order valence-electron chi connectivity index (χ0n) is 13.4. The maximum Gasteiger partial charge on any atom is 0.317 e. The Kier molecular flexibility index (Phi) is 4.61. The van der Waals surface area contributed by atoms with Crippen LogP contribution in [0, 0.1) is 0 Å². The molecule has 1 aliphatic heterocycles. The number of hydrogen-bond donors (Lipinski definition) is 1. The first-order valence-corrected chi connectivity index (χ1v) is 10.1. The molecule has 0 unspecified atom stereocenters. The summed E-state index contributed by atoms with van der Waals surface area (Å²) in [5.74, 6) is 0. The molecule has 1 aliphatic carbocycles. The molecule has 3 atom stereocenters. The van der Waals surface area contributed by atoms with Gasteiger partial charge in [-0.25, -0.2) is 13.2 Å². The normalized spacial score (nSPS) is 28.7. The van der Waals surface area contributed by atoms with Crippen molar-refractivity contribution < 1.29 is 13.2 Å². The number of sulfone groups is 1. The van der Waals surface area contributed by atoms with Crippen LogP contribution in [-0.2, 0) is 9.84 Å². The topological polar surface area (TPSA) is 84.3 Å². The molecule has 2 fully saturated rings. The van der Waals surface area contributed by atoms with Gasteiger partial charge in [-0.15, -0.1) is 0 Å². The number of carbonyl (C=O) groups is 1. The summed E-state index contributed by atoms with van der Waals surface area (Å²) >= 11 is 0. The average molecular weight is 340 g/mol. The molecule has 1 aromatic heterocycles. The first-order chi connectivity index (χ1) is 10.9. The number of aromatic nitrogens is 2. The predicted octanol–water partition coefficient (Wildman–Crippen LogP) is 1.20. The number of nitrogens with zero attached hydrogens (tertiary/aromatic N) is 3. The van der Waals surface area contributed by atoms with Gasteiger partial charge in [-0.1, -0.05) is 12.8 Å². The fourth-order valence-electron chi connectivity index (χ4n) is 3.59. The van der Waals surface area contributed by atoms with E-state index < -0.39 is 15.1 Å². The molecule has 23 heavy (non-hydrogen) atoms. The molecule has 7 nitrogen and oxygen atoms in total. The van der Waals surface area contributed by atoms with Crippen molar-refractivity contribution in [1.29, 1.82) is 0 Å². The van der Waals surface area contributed by atoms with Gasteiger partial charge in [0.2, 0.25) is 0 Å². The van der Waals surface area contributed by atoms with E-state index in [1.165, 1.54) is 6.26 Å². The molecule has 2 heterocycles. The molecule has 0 aromatic carbocycles. The maximum absolute atomic E-state index is 12.5. The molecule has 128 valence electrons. The van der Waals surface area contributed by atoms with Crippen LogP contribution in [0.15, 0.2) is 18.5 Å². The molecule has 0 radical (unpaired) electrons. The van der Waals surface area contributed by atoms with Crippen LogP contribution in [0.1, 0.15) is 38.1 Å². The highest BCUT2D eigenvalue weighted by molar-refractivity contribution is 7.91. The Bertz CT molecular complexity index is 644. The van der Waals surface area contributed by atoms with Crippen molar-refractivity contribution in [2.24, 2.45) is 0 Å². The average Bonchev–Trinajstić information content (AvgIpc) is 3.19. The summed E-state index contributed by atoms with van der Waals surface area (Å²) in [5.41, 5.74) is 0. The van der Waals surface area contributed by atoms with Gasteiger partial charge in [-0.2, -0.15) is 5.10 Å². The number of hydrogen-bond acceptors (Lipinski definition) is 4. The van der Waals surface area contributed by atoms with Crippen molar-refractivity contribution in [3.8, 4) is 0 Å². The molecule has 0 spiro atoms. The van der Waals surface area contributed by atoms with E-state index in [9.17, 15) is 13.2 Å². The second kappa shape index (κ2) is 6.51. The van der Waals surface area contributed by atoms with Crippen LogP contribution in [0.3, 0.4) is 0 Å². The van der Waals surface area contributed by atoms with Crippen LogP contribution in [0.4, 0.5) is 4.79 Å². The Morgan fingerprint density at radius 3 is 2.70 bits per heavy atom. The van der Waals surface area contributed by atoms with Gasteiger partial charge in [0.25, 0.3) is 0 Å². The first-order valence-electron chi connectivity index (χ1n) is 8.18. The summed E-state index contributed by atoms with van der Waals surface area (Å²) in [6, 6.07) is 1.97. The van der Waals surface area contributed by atoms with E-state index in [4.69, 9.17) is 0 Å². The van der Waals surface area contributed by atoms with E-state index in [1.54, 1.807) is 11.1 Å². The minimum Gasteiger partial charge on any atom is -0.333 e. The fraction of sp³-hybridized carbons (Fsp3) is 0.733. The highest BCUT2D eigenvalue weighted by Gasteiger charge is 2.35. The SMILES string of the molecule is CS(=O)(=O)[C@@H]1CCN(C(=O)N[C@H]2CCCC[C@@H]2n2cccn2)C1. The maximum atomic E-state index is 12.5. The van der Waals surface area contributed by atoms with E-state index in [1.807, 2.05) is 16.9 Å². The van der Waals surface area contributed by atoms with E-state index in [2.05, 4.69) is 10.4 Å². The molecular weight excluding hydrogens is 316 g/mol. The summed E-state index contributed by atoms with van der Waals surface area (Å²) in [6.07, 6.45) is 9.62. The van der Waals surface area contributed by atoms with E-state index >= 15 is 0 Å². The lowest BCUT2D eigenvalue weighted by Gasteiger charge is -2.33. The van der Waals surface area contributed by atoms with E-state index in [0.29, 0.717) is 19.5 Å². The van der Waals surface area contributed by atoms with Crippen LogP contribution >= 0.6 is 0 Å². The van der Waals surface area contributed by atoms with Gasteiger partial charge < -0.3 is 10.2 Å². The van der Waals surface area contributed by atoms with E-state index in [-0.39, 0.29) is 18.1 Å². The van der Waals surface area contributed by atoms with Gasteiger partial charge in [0, 0.05) is 31.7 Å². The van der Waals surface area contributed by atoms with Gasteiger partial charge in [0.1, 0.15) is 0 Å². The van der Waals surface area contributed by atoms with Crippen molar-refractivity contribution in [2.45, 2.75) is 49.4 Å². The number of rotatable bonds is 3. The lowest BCUT2D eigenvalue weighted by molar-refractivity contribution is 0.187. The van der Waals surface area contributed by atoms with Crippen LogP contribution < -0.4 is 5.32 Å². The minimum absolute atomic E-state index is 0.0495. The highest BCUT2D eigenvalue weighted by atomic mass is 32.2. The van der Waals surface area contributed by atoms with Gasteiger partial charge in [-0.05, 0) is 25.3 Å². The van der Waals surface area contributed by atoms with Gasteiger partial charge in [0.15, 0.2) is 9.84 Å². The number of carbonyl (C=O) groups excluding carboxylic acids is 1. The molecule has 2 aliphatic rings. The van der Waals surface area contributed by atoms with Crippen molar-refractivity contribution >= 4 is 15.9 Å². The van der Waals surface area contributed by atoms with Crippen LogP contribution in [0.5, 0.6) is 0 Å². The van der Waals surface area contributed by atoms with Crippen molar-refractivity contribution in [3.05, 3.63) is 18.5 Å². The molecule has 8 heteroatoms. The molecule has 1 N–H and O–H groups in total. The Labute approximate surface area is 137 Å². The summed E-state index contributed by atoms with van der Waals surface area (Å²) in [5, 5.41) is 6.99. The molecule has 3 rings (SSSR count). The van der Waals surface area contributed by atoms with Crippen molar-refractivity contribution in [1.82, 2.24) is 20.0 Å². The third-order valence-corrected chi connectivity index (χ3v) is 6.54. The van der Waals surface area contributed by atoms with E-state index in [0.717, 1.165) is 25.7 Å². The lowest BCUT2D eigenvalue weighted by atomic mass is 9.90. The number of urea groups is 1.